The van der Waals surface area contributed by atoms with Crippen molar-refractivity contribution in [3.8, 4) is 0 Å². The number of rotatable bonds is 3. The Hall–Kier alpha value is 0.137. The van der Waals surface area contributed by atoms with Crippen LogP contribution in [0.15, 0.2) is 0 Å². The van der Waals surface area contributed by atoms with E-state index in [2.05, 4.69) is 46.1 Å². The van der Waals surface area contributed by atoms with Crippen LogP contribution in [-0.2, 0) is 4.43 Å². The van der Waals surface area contributed by atoms with Crippen LogP contribution in [0.2, 0.25) is 18.1 Å². The molecule has 0 spiro atoms. The number of hydrogen-bond donors (Lipinski definition) is 1. The predicted molar refractivity (Wildman–Crippen MR) is 68.8 cm³/mol. The molecule has 1 fully saturated rings. The summed E-state index contributed by atoms with van der Waals surface area (Å²) in [6, 6.07) is 0.680. The first-order valence-electron chi connectivity index (χ1n) is 6.17. The predicted octanol–water partition coefficient (Wildman–Crippen LogP) is 3.15. The van der Waals surface area contributed by atoms with E-state index in [9.17, 15) is 0 Å². The zero-order chi connectivity index (χ0) is 11.7. The van der Waals surface area contributed by atoms with Gasteiger partial charge >= 0.3 is 0 Å². The topological polar surface area (TPSA) is 21.3 Å². The molecule has 2 nitrogen and oxygen atoms in total. The van der Waals surface area contributed by atoms with Crippen LogP contribution in [0.4, 0.5) is 0 Å². The minimum atomic E-state index is -1.55. The van der Waals surface area contributed by atoms with Crippen molar-refractivity contribution in [2.45, 2.75) is 70.8 Å². The molecule has 0 saturated carbocycles. The van der Waals surface area contributed by atoms with Crippen molar-refractivity contribution in [2.24, 2.45) is 0 Å². The smallest absolute Gasteiger partial charge is 0.192 e. The summed E-state index contributed by atoms with van der Waals surface area (Å²) in [5.41, 5.74) is 0. The Balaban J connectivity index is 2.49. The molecule has 0 amide bonds. The third-order valence-corrected chi connectivity index (χ3v) is 8.48. The SMILES string of the molecule is CC[C@@H]1C[C@H](O[Si](C)(C)C(C)(C)C)CN1. The average molecular weight is 229 g/mol. The minimum Gasteiger partial charge on any atom is -0.413 e. The van der Waals surface area contributed by atoms with Gasteiger partial charge in [0, 0.05) is 12.6 Å². The lowest BCUT2D eigenvalue weighted by Gasteiger charge is -2.38. The highest BCUT2D eigenvalue weighted by atomic mass is 28.4. The fourth-order valence-electron chi connectivity index (χ4n) is 1.78. The zero-order valence-corrected chi connectivity index (χ0v) is 12.2. The maximum absolute atomic E-state index is 6.37. The first-order chi connectivity index (χ1) is 6.76. The van der Waals surface area contributed by atoms with E-state index >= 15 is 0 Å². The zero-order valence-electron chi connectivity index (χ0n) is 11.2. The van der Waals surface area contributed by atoms with Crippen molar-refractivity contribution in [3.05, 3.63) is 0 Å². The van der Waals surface area contributed by atoms with E-state index in [4.69, 9.17) is 4.43 Å². The van der Waals surface area contributed by atoms with Gasteiger partial charge in [-0.15, -0.1) is 0 Å². The summed E-state index contributed by atoms with van der Waals surface area (Å²) < 4.78 is 6.37. The van der Waals surface area contributed by atoms with E-state index in [0.29, 0.717) is 17.2 Å². The van der Waals surface area contributed by atoms with Crippen LogP contribution in [0.3, 0.4) is 0 Å². The van der Waals surface area contributed by atoms with Gasteiger partial charge < -0.3 is 9.74 Å². The summed E-state index contributed by atoms with van der Waals surface area (Å²) in [6.07, 6.45) is 2.87. The fraction of sp³-hybridized carbons (Fsp3) is 1.00. The lowest BCUT2D eigenvalue weighted by atomic mass is 10.2. The average Bonchev–Trinajstić information content (AvgIpc) is 2.49. The number of hydrogen-bond acceptors (Lipinski definition) is 2. The number of nitrogens with one attached hydrogen (secondary N) is 1. The van der Waals surface area contributed by atoms with E-state index in [1.165, 1.54) is 12.8 Å². The van der Waals surface area contributed by atoms with E-state index in [1.54, 1.807) is 0 Å². The molecule has 90 valence electrons. The molecule has 1 N–H and O–H groups in total. The molecular formula is C12H27NOSi. The molecule has 15 heavy (non-hydrogen) atoms. The molecule has 0 aliphatic carbocycles. The highest BCUT2D eigenvalue weighted by Crippen LogP contribution is 2.38. The third-order valence-electron chi connectivity index (χ3n) is 3.94. The van der Waals surface area contributed by atoms with Gasteiger partial charge in [0.25, 0.3) is 0 Å². The molecule has 1 saturated heterocycles. The molecule has 1 aliphatic rings. The van der Waals surface area contributed by atoms with Crippen LogP contribution in [0, 0.1) is 0 Å². The van der Waals surface area contributed by atoms with Gasteiger partial charge in [-0.3, -0.25) is 0 Å². The van der Waals surface area contributed by atoms with Crippen LogP contribution < -0.4 is 5.32 Å². The molecule has 0 unspecified atom stereocenters. The monoisotopic (exact) mass is 229 g/mol. The minimum absolute atomic E-state index is 0.331. The van der Waals surface area contributed by atoms with Gasteiger partial charge in [0.05, 0.1) is 6.10 Å². The lowest BCUT2D eigenvalue weighted by molar-refractivity contribution is 0.197. The van der Waals surface area contributed by atoms with Crippen molar-refractivity contribution < 1.29 is 4.43 Å². The van der Waals surface area contributed by atoms with Crippen molar-refractivity contribution in [1.82, 2.24) is 5.32 Å². The normalized spacial score (nSPS) is 28.4. The molecule has 3 heteroatoms. The molecule has 1 aliphatic heterocycles. The van der Waals surface area contributed by atoms with E-state index < -0.39 is 8.32 Å². The Morgan fingerprint density at radius 1 is 1.33 bits per heavy atom. The summed E-state index contributed by atoms with van der Waals surface area (Å²) in [4.78, 5) is 0. The van der Waals surface area contributed by atoms with E-state index in [0.717, 1.165) is 6.54 Å². The summed E-state index contributed by atoms with van der Waals surface area (Å²) in [5.74, 6) is 0. The van der Waals surface area contributed by atoms with Crippen LogP contribution in [-0.4, -0.2) is 27.0 Å². The van der Waals surface area contributed by atoms with E-state index in [-0.39, 0.29) is 0 Å². The summed E-state index contributed by atoms with van der Waals surface area (Å²) in [7, 11) is -1.55. The largest absolute Gasteiger partial charge is 0.413 e. The summed E-state index contributed by atoms with van der Waals surface area (Å²) in [5, 5.41) is 3.86. The Labute approximate surface area is 95.9 Å². The van der Waals surface area contributed by atoms with Gasteiger partial charge in [-0.25, -0.2) is 0 Å². The molecule has 0 aromatic rings. The Morgan fingerprint density at radius 3 is 2.33 bits per heavy atom. The quantitative estimate of drug-likeness (QED) is 0.751. The lowest BCUT2D eigenvalue weighted by Crippen LogP contribution is -2.44. The first kappa shape index (κ1) is 13.2. The van der Waals surface area contributed by atoms with Crippen molar-refractivity contribution in [2.75, 3.05) is 6.54 Å². The summed E-state index contributed by atoms with van der Waals surface area (Å²) >= 11 is 0. The van der Waals surface area contributed by atoms with Gasteiger partial charge in [-0.05, 0) is 31.0 Å². The second-order valence-corrected chi connectivity index (χ2v) is 11.0. The van der Waals surface area contributed by atoms with Crippen molar-refractivity contribution >= 4 is 8.32 Å². The van der Waals surface area contributed by atoms with Crippen LogP contribution in [0.25, 0.3) is 0 Å². The highest BCUT2D eigenvalue weighted by Gasteiger charge is 2.40. The molecule has 2 atom stereocenters. The Bertz CT molecular complexity index is 210. The molecule has 0 aromatic carbocycles. The van der Waals surface area contributed by atoms with Crippen molar-refractivity contribution in [3.63, 3.8) is 0 Å². The molecular weight excluding hydrogens is 202 g/mol. The first-order valence-corrected chi connectivity index (χ1v) is 9.08. The second-order valence-electron chi connectivity index (χ2n) is 6.25. The second kappa shape index (κ2) is 4.56. The Morgan fingerprint density at radius 2 is 1.93 bits per heavy atom. The van der Waals surface area contributed by atoms with Crippen LogP contribution in [0.5, 0.6) is 0 Å². The molecule has 0 aromatic heterocycles. The van der Waals surface area contributed by atoms with Gasteiger partial charge in [0.1, 0.15) is 0 Å². The van der Waals surface area contributed by atoms with Gasteiger partial charge in [-0.2, -0.15) is 0 Å². The standard InChI is InChI=1S/C12H27NOSi/c1-7-10-8-11(9-13-10)14-15(5,6)12(2,3)4/h10-11,13H,7-9H2,1-6H3/t10-,11+/m1/s1. The fourth-order valence-corrected chi connectivity index (χ4v) is 3.14. The maximum Gasteiger partial charge on any atom is 0.192 e. The van der Waals surface area contributed by atoms with Gasteiger partial charge in [0.15, 0.2) is 8.32 Å². The Kier molecular flexibility index (Phi) is 4.01. The van der Waals surface area contributed by atoms with Crippen LogP contribution >= 0.6 is 0 Å². The third kappa shape index (κ3) is 3.30. The summed E-state index contributed by atoms with van der Waals surface area (Å²) in [6.45, 7) is 14.9. The van der Waals surface area contributed by atoms with Crippen molar-refractivity contribution in [1.29, 1.82) is 0 Å². The molecule has 0 bridgehead atoms. The maximum atomic E-state index is 6.37. The van der Waals surface area contributed by atoms with Gasteiger partial charge in [0.2, 0.25) is 0 Å². The highest BCUT2D eigenvalue weighted by molar-refractivity contribution is 6.74. The van der Waals surface area contributed by atoms with Gasteiger partial charge in [-0.1, -0.05) is 27.7 Å². The molecule has 1 rings (SSSR count). The molecule has 0 radical (unpaired) electrons. The van der Waals surface area contributed by atoms with Crippen LogP contribution in [0.1, 0.15) is 40.5 Å². The van der Waals surface area contributed by atoms with E-state index in [1.807, 2.05) is 0 Å². The molecule has 1 heterocycles.